The largest absolute Gasteiger partial charge is 0.378 e. The van der Waals surface area contributed by atoms with Crippen molar-refractivity contribution in [1.29, 1.82) is 0 Å². The first-order valence-corrected chi connectivity index (χ1v) is 15.4. The Morgan fingerprint density at radius 2 is 1.73 bits per heavy atom. The molecule has 230 valence electrons. The molecule has 0 bridgehead atoms. The third-order valence-electron chi connectivity index (χ3n) is 8.45. The molecule has 4 heterocycles. The minimum absolute atomic E-state index is 0.0497. The third kappa shape index (κ3) is 6.22. The zero-order valence-electron chi connectivity index (χ0n) is 24.9. The molecule has 11 nitrogen and oxygen atoms in total. The van der Waals surface area contributed by atoms with Crippen LogP contribution < -0.4 is 15.1 Å². The number of morpholine rings is 1. The van der Waals surface area contributed by atoms with E-state index < -0.39 is 6.04 Å². The topological polar surface area (TPSA) is 115 Å². The molecule has 45 heavy (non-hydrogen) atoms. The van der Waals surface area contributed by atoms with Crippen molar-refractivity contribution in [3.63, 3.8) is 0 Å². The number of fused-ring (bicyclic) bond motifs is 2. The van der Waals surface area contributed by atoms with Crippen molar-refractivity contribution in [3.05, 3.63) is 90.6 Å². The zero-order valence-corrected chi connectivity index (χ0v) is 24.9. The normalized spacial score (nSPS) is 17.4. The fourth-order valence-corrected chi connectivity index (χ4v) is 6.09. The van der Waals surface area contributed by atoms with Gasteiger partial charge in [0.15, 0.2) is 0 Å². The van der Waals surface area contributed by atoms with E-state index in [1.807, 2.05) is 78.9 Å². The number of para-hydroxylation sites is 2. The number of aromatic nitrogens is 4. The molecule has 2 fully saturated rings. The van der Waals surface area contributed by atoms with Crippen molar-refractivity contribution in [2.45, 2.75) is 31.5 Å². The van der Waals surface area contributed by atoms with Gasteiger partial charge in [-0.05, 0) is 54.8 Å². The van der Waals surface area contributed by atoms with E-state index in [-0.39, 0.29) is 24.5 Å². The maximum Gasteiger partial charge on any atom is 0.249 e. The molecule has 1 N–H and O–H groups in total. The van der Waals surface area contributed by atoms with Gasteiger partial charge in [0.2, 0.25) is 11.8 Å². The number of carbonyl (C=O) groups excluding carboxylic acids is 2. The van der Waals surface area contributed by atoms with Gasteiger partial charge in [-0.25, -0.2) is 4.68 Å². The van der Waals surface area contributed by atoms with Crippen molar-refractivity contribution >= 4 is 45.1 Å². The minimum atomic E-state index is -0.976. The van der Waals surface area contributed by atoms with E-state index in [0.717, 1.165) is 48.0 Å². The summed E-state index contributed by atoms with van der Waals surface area (Å²) in [6.07, 6.45) is 3.45. The highest BCUT2D eigenvalue weighted by molar-refractivity contribution is 6.02. The van der Waals surface area contributed by atoms with Crippen molar-refractivity contribution in [1.82, 2.24) is 25.3 Å². The van der Waals surface area contributed by atoms with Gasteiger partial charge in [0.1, 0.15) is 18.1 Å². The molecule has 3 aromatic carbocycles. The number of rotatable bonds is 9. The van der Waals surface area contributed by atoms with E-state index in [4.69, 9.17) is 9.47 Å². The Bertz CT molecular complexity index is 1800. The van der Waals surface area contributed by atoms with Crippen LogP contribution in [0, 0.1) is 0 Å². The van der Waals surface area contributed by atoms with E-state index in [0.29, 0.717) is 43.1 Å². The molecule has 0 spiro atoms. The molecule has 7 rings (SSSR count). The minimum Gasteiger partial charge on any atom is -0.378 e. The summed E-state index contributed by atoms with van der Waals surface area (Å²) in [6, 6.07) is 24.0. The maximum absolute atomic E-state index is 14.5. The molecule has 2 atom stereocenters. The highest BCUT2D eigenvalue weighted by Crippen LogP contribution is 2.32. The Morgan fingerprint density at radius 1 is 0.956 bits per heavy atom. The van der Waals surface area contributed by atoms with Gasteiger partial charge >= 0.3 is 0 Å². The molecule has 5 aromatic rings. The highest BCUT2D eigenvalue weighted by Gasteiger charge is 2.34. The van der Waals surface area contributed by atoms with Gasteiger partial charge in [-0.2, -0.15) is 0 Å². The van der Waals surface area contributed by atoms with Crippen molar-refractivity contribution in [2.24, 2.45) is 0 Å². The lowest BCUT2D eigenvalue weighted by Crippen LogP contribution is -2.46. The Labute approximate surface area is 260 Å². The fraction of sp³-hybridized carbons (Fsp3) is 0.324. The molecule has 2 aliphatic heterocycles. The molecule has 2 aromatic heterocycles. The van der Waals surface area contributed by atoms with Gasteiger partial charge in [0.05, 0.1) is 42.2 Å². The van der Waals surface area contributed by atoms with Crippen LogP contribution in [-0.4, -0.2) is 77.4 Å². The molecule has 0 radical (unpaired) electrons. The second-order valence-electron chi connectivity index (χ2n) is 11.4. The summed E-state index contributed by atoms with van der Waals surface area (Å²) in [5.41, 5.74) is 4.45. The van der Waals surface area contributed by atoms with Crippen molar-refractivity contribution in [2.75, 3.05) is 49.3 Å². The second-order valence-corrected chi connectivity index (χ2v) is 11.4. The number of hydrogen-bond acceptors (Lipinski definition) is 8. The molecule has 0 unspecified atom stereocenters. The number of pyridine rings is 1. The number of benzene rings is 3. The van der Waals surface area contributed by atoms with E-state index >= 15 is 0 Å². The molecule has 0 aliphatic carbocycles. The van der Waals surface area contributed by atoms with Gasteiger partial charge < -0.3 is 19.7 Å². The van der Waals surface area contributed by atoms with Gasteiger partial charge in [0.25, 0.3) is 0 Å². The van der Waals surface area contributed by atoms with Crippen LogP contribution in [0.5, 0.6) is 0 Å². The Kier molecular flexibility index (Phi) is 8.35. The lowest BCUT2D eigenvalue weighted by atomic mass is 10.0. The maximum atomic E-state index is 14.5. The Hall–Kier alpha value is -4.87. The summed E-state index contributed by atoms with van der Waals surface area (Å²) in [4.78, 5) is 37.2. The lowest BCUT2D eigenvalue weighted by molar-refractivity contribution is -0.127. The smallest absolute Gasteiger partial charge is 0.249 e. The lowest BCUT2D eigenvalue weighted by Gasteiger charge is -2.33. The van der Waals surface area contributed by atoms with Crippen molar-refractivity contribution < 1.29 is 19.1 Å². The van der Waals surface area contributed by atoms with Gasteiger partial charge in [-0.1, -0.05) is 47.7 Å². The molecule has 2 amide bonds. The van der Waals surface area contributed by atoms with E-state index in [2.05, 4.69) is 25.5 Å². The monoisotopic (exact) mass is 605 g/mol. The number of anilines is 2. The Morgan fingerprint density at radius 3 is 2.53 bits per heavy atom. The first-order valence-electron chi connectivity index (χ1n) is 15.4. The standard InChI is InChI=1S/C34H35N7O4/c42-32(23-40-31-10-4-3-9-30(31)37-38-40)41(27-20-25-6-1-2-8-29(25)35-21-27)33(34(43)36-22-28-7-5-17-45-28)24-11-13-26(14-12-24)39-15-18-44-19-16-39/h1-4,6,8-14,20-21,28,33H,5,7,15-19,22-23H2,(H,36,43)/t28-,33+/m1/s1. The summed E-state index contributed by atoms with van der Waals surface area (Å²) in [5.74, 6) is -0.619. The first-order chi connectivity index (χ1) is 22.1. The van der Waals surface area contributed by atoms with Crippen LogP contribution in [0.3, 0.4) is 0 Å². The summed E-state index contributed by atoms with van der Waals surface area (Å²) >= 11 is 0. The molecular formula is C34H35N7O4. The second kappa shape index (κ2) is 13.0. The molecule has 2 aliphatic rings. The summed E-state index contributed by atoms with van der Waals surface area (Å²) in [7, 11) is 0. The third-order valence-corrected chi connectivity index (χ3v) is 8.45. The van der Waals surface area contributed by atoms with Gasteiger partial charge in [-0.3, -0.25) is 19.5 Å². The fourth-order valence-electron chi connectivity index (χ4n) is 6.09. The average molecular weight is 606 g/mol. The number of ether oxygens (including phenoxy) is 2. The summed E-state index contributed by atoms with van der Waals surface area (Å²) < 4.78 is 12.9. The molecular weight excluding hydrogens is 570 g/mol. The molecule has 11 heteroatoms. The number of hydrogen-bond donors (Lipinski definition) is 1. The summed E-state index contributed by atoms with van der Waals surface area (Å²) in [6.45, 7) is 3.87. The van der Waals surface area contributed by atoms with Crippen LogP contribution in [0.25, 0.3) is 21.9 Å². The van der Waals surface area contributed by atoms with Crippen molar-refractivity contribution in [3.8, 4) is 0 Å². The SMILES string of the molecule is O=C(NC[C@H]1CCCO1)[C@H](c1ccc(N2CCOCC2)cc1)N(C(=O)Cn1nnc2ccccc21)c1cnc2ccccc2c1. The predicted octanol–water partition coefficient (Wildman–Crippen LogP) is 3.89. The number of amides is 2. The van der Waals surface area contributed by atoms with Crippen LogP contribution in [-0.2, 0) is 25.6 Å². The van der Waals surface area contributed by atoms with Crippen LogP contribution in [0.15, 0.2) is 85.1 Å². The molecule has 0 saturated carbocycles. The van der Waals surface area contributed by atoms with Crippen LogP contribution in [0.1, 0.15) is 24.4 Å². The molecule has 2 saturated heterocycles. The van der Waals surface area contributed by atoms with E-state index in [9.17, 15) is 9.59 Å². The Balaban J connectivity index is 1.29. The number of carbonyl (C=O) groups is 2. The van der Waals surface area contributed by atoms with E-state index in [1.54, 1.807) is 15.8 Å². The van der Waals surface area contributed by atoms with Gasteiger partial charge in [0, 0.05) is 37.3 Å². The number of nitrogens with zero attached hydrogens (tertiary/aromatic N) is 6. The van der Waals surface area contributed by atoms with Crippen LogP contribution in [0.4, 0.5) is 11.4 Å². The quantitative estimate of drug-likeness (QED) is 0.269. The van der Waals surface area contributed by atoms with Gasteiger partial charge in [-0.15, -0.1) is 5.10 Å². The zero-order chi connectivity index (χ0) is 30.6. The summed E-state index contributed by atoms with van der Waals surface area (Å²) in [5, 5.41) is 12.4. The highest BCUT2D eigenvalue weighted by atomic mass is 16.5. The van der Waals surface area contributed by atoms with E-state index in [1.165, 1.54) is 0 Å². The average Bonchev–Trinajstić information content (AvgIpc) is 3.77. The first kappa shape index (κ1) is 28.9. The van der Waals surface area contributed by atoms with Crippen LogP contribution in [0.2, 0.25) is 0 Å². The number of nitrogens with one attached hydrogen (secondary N) is 1. The van der Waals surface area contributed by atoms with Crippen LogP contribution >= 0.6 is 0 Å². The predicted molar refractivity (Wildman–Crippen MR) is 171 cm³/mol.